The van der Waals surface area contributed by atoms with Gasteiger partial charge in [-0.15, -0.1) is 0 Å². The first-order chi connectivity index (χ1) is 23.6. The number of hydrogen-bond donors (Lipinski definition) is 0. The maximum atomic E-state index is 5.76. The van der Waals surface area contributed by atoms with Gasteiger partial charge in [-0.2, -0.15) is 0 Å². The Labute approximate surface area is 289 Å². The van der Waals surface area contributed by atoms with Gasteiger partial charge in [0.2, 0.25) is 0 Å². The Morgan fingerprint density at radius 3 is 0.708 bits per heavy atom. The van der Waals surface area contributed by atoms with Crippen molar-refractivity contribution in [1.82, 2.24) is 0 Å². The minimum Gasteiger partial charge on any atom is -0.496 e. The zero-order valence-electron chi connectivity index (χ0n) is 29.9. The molecule has 4 aromatic rings. The summed E-state index contributed by atoms with van der Waals surface area (Å²) in [6, 6.07) is 27.2. The van der Waals surface area contributed by atoms with E-state index in [1.165, 1.54) is 70.2 Å². The van der Waals surface area contributed by atoms with Crippen molar-refractivity contribution in [3.8, 4) is 23.0 Å². The minimum atomic E-state index is 1.01. The van der Waals surface area contributed by atoms with Crippen LogP contribution in [0, 0.1) is 0 Å². The summed E-state index contributed by atoms with van der Waals surface area (Å²) < 4.78 is 23.0. The lowest BCUT2D eigenvalue weighted by molar-refractivity contribution is 0.406. The lowest BCUT2D eigenvalue weighted by Gasteiger charge is -2.14. The minimum absolute atomic E-state index is 1.01. The molecule has 1 aliphatic rings. The largest absolute Gasteiger partial charge is 0.496 e. The lowest BCUT2D eigenvalue weighted by atomic mass is 9.96. The van der Waals surface area contributed by atoms with E-state index >= 15 is 0 Å². The Morgan fingerprint density at radius 2 is 0.500 bits per heavy atom. The van der Waals surface area contributed by atoms with Crippen LogP contribution in [0.15, 0.2) is 72.8 Å². The molecule has 0 radical (unpaired) electrons. The van der Waals surface area contributed by atoms with Crippen LogP contribution in [0.2, 0.25) is 0 Å². The van der Waals surface area contributed by atoms with Crippen LogP contribution >= 0.6 is 0 Å². The van der Waals surface area contributed by atoms with Crippen molar-refractivity contribution in [1.29, 1.82) is 0 Å². The van der Waals surface area contributed by atoms with Crippen LogP contribution in [0.3, 0.4) is 0 Å². The van der Waals surface area contributed by atoms with Gasteiger partial charge in [0.1, 0.15) is 23.0 Å². The van der Waals surface area contributed by atoms with Crippen molar-refractivity contribution in [2.75, 3.05) is 28.4 Å². The summed E-state index contributed by atoms with van der Waals surface area (Å²) >= 11 is 0. The van der Waals surface area contributed by atoms with E-state index in [0.717, 1.165) is 100 Å². The van der Waals surface area contributed by atoms with Crippen molar-refractivity contribution in [3.63, 3.8) is 0 Å². The molecule has 0 aliphatic heterocycles. The van der Waals surface area contributed by atoms with Gasteiger partial charge in [-0.1, -0.05) is 48.5 Å². The molecule has 256 valence electrons. The summed E-state index contributed by atoms with van der Waals surface area (Å²) in [5.41, 5.74) is 10.9. The third-order valence-corrected chi connectivity index (χ3v) is 10.0. The van der Waals surface area contributed by atoms with Crippen LogP contribution in [0.5, 0.6) is 23.0 Å². The number of fused-ring (bicyclic) bond motifs is 8. The molecule has 0 saturated carbocycles. The summed E-state index contributed by atoms with van der Waals surface area (Å²) in [5, 5.41) is 0. The van der Waals surface area contributed by atoms with Gasteiger partial charge < -0.3 is 18.9 Å². The Bertz CT molecular complexity index is 1350. The highest BCUT2D eigenvalue weighted by Gasteiger charge is 2.11. The highest BCUT2D eigenvalue weighted by atomic mass is 16.5. The number of rotatable bonds is 4. The second kappa shape index (κ2) is 18.6. The summed E-state index contributed by atoms with van der Waals surface area (Å²) in [6.07, 6.45) is 17.7. The van der Waals surface area contributed by atoms with Gasteiger partial charge in [-0.25, -0.2) is 0 Å². The average molecular weight is 649 g/mol. The maximum absolute atomic E-state index is 5.76. The SMILES string of the molecule is COc1ccc2cc1CCCCc1cc(ccc1OC)CCCCc1ccc(OC)c(c1)CCCCc1cc(ccc1OC)CCCC2. The van der Waals surface area contributed by atoms with Crippen LogP contribution in [0.4, 0.5) is 0 Å². The molecule has 8 bridgehead atoms. The monoisotopic (exact) mass is 648 g/mol. The maximum Gasteiger partial charge on any atom is 0.122 e. The second-order valence-corrected chi connectivity index (χ2v) is 13.4. The van der Waals surface area contributed by atoms with E-state index in [1.54, 1.807) is 28.4 Å². The van der Waals surface area contributed by atoms with Crippen molar-refractivity contribution in [2.45, 2.75) is 103 Å². The number of methoxy groups -OCH3 is 4. The zero-order chi connectivity index (χ0) is 33.6. The summed E-state index contributed by atoms with van der Waals surface area (Å²) in [4.78, 5) is 0. The first kappa shape index (κ1) is 35.4. The van der Waals surface area contributed by atoms with E-state index in [1.807, 2.05) is 0 Å². The summed E-state index contributed by atoms with van der Waals surface area (Å²) in [6.45, 7) is 0. The Hall–Kier alpha value is -3.92. The van der Waals surface area contributed by atoms with E-state index in [-0.39, 0.29) is 0 Å². The van der Waals surface area contributed by atoms with Gasteiger partial charge in [0.25, 0.3) is 0 Å². The van der Waals surface area contributed by atoms with Gasteiger partial charge in [-0.05, 0) is 172 Å². The Kier molecular flexibility index (Phi) is 13.7. The van der Waals surface area contributed by atoms with Gasteiger partial charge >= 0.3 is 0 Å². The molecule has 0 atom stereocenters. The van der Waals surface area contributed by atoms with Crippen LogP contribution in [-0.4, -0.2) is 28.4 Å². The third-order valence-electron chi connectivity index (χ3n) is 10.0. The molecule has 0 spiro atoms. The predicted octanol–water partition coefficient (Wildman–Crippen LogP) is 10.3. The van der Waals surface area contributed by atoms with Gasteiger partial charge in [-0.3, -0.25) is 0 Å². The Morgan fingerprint density at radius 1 is 0.292 bits per heavy atom. The number of aryl methyl sites for hydroxylation is 8. The standard InChI is InChI=1S/C44H56O4/c1-45-41-25-21-33-13-5-6-14-34-23-27-43(47-3)39(31-34)19-11-12-20-40-32-36(24-28-44(40)48-4)16-8-7-15-35-22-26-42(46-2)38(30-35)18-10-9-17-37(41)29-33/h21-32H,5-20H2,1-4H3. The molecule has 0 unspecified atom stereocenters. The molecule has 0 amide bonds. The fourth-order valence-corrected chi connectivity index (χ4v) is 7.31. The van der Waals surface area contributed by atoms with E-state index in [9.17, 15) is 0 Å². The number of hydrogen-bond acceptors (Lipinski definition) is 4. The van der Waals surface area contributed by atoms with Crippen molar-refractivity contribution < 1.29 is 18.9 Å². The molecule has 0 heterocycles. The lowest BCUT2D eigenvalue weighted by Crippen LogP contribution is -1.99. The van der Waals surface area contributed by atoms with Crippen LogP contribution in [-0.2, 0) is 51.4 Å². The summed E-state index contributed by atoms with van der Waals surface area (Å²) in [5.74, 6) is 4.04. The molecule has 4 nitrogen and oxygen atoms in total. The van der Waals surface area contributed by atoms with Crippen LogP contribution < -0.4 is 18.9 Å². The topological polar surface area (TPSA) is 36.9 Å². The van der Waals surface area contributed by atoms with E-state index < -0.39 is 0 Å². The molecular formula is C44H56O4. The molecule has 0 N–H and O–H groups in total. The molecule has 0 aromatic heterocycles. The molecule has 4 aromatic carbocycles. The molecule has 0 fully saturated rings. The molecule has 48 heavy (non-hydrogen) atoms. The van der Waals surface area contributed by atoms with E-state index in [2.05, 4.69) is 72.8 Å². The first-order valence-corrected chi connectivity index (χ1v) is 18.2. The molecule has 5 rings (SSSR count). The van der Waals surface area contributed by atoms with Gasteiger partial charge in [0.05, 0.1) is 28.4 Å². The normalized spacial score (nSPS) is 15.4. The van der Waals surface area contributed by atoms with Crippen molar-refractivity contribution >= 4 is 0 Å². The van der Waals surface area contributed by atoms with E-state index in [4.69, 9.17) is 18.9 Å². The summed E-state index contributed by atoms with van der Waals surface area (Å²) in [7, 11) is 7.16. The number of ether oxygens (including phenoxy) is 4. The van der Waals surface area contributed by atoms with Crippen molar-refractivity contribution in [2.24, 2.45) is 0 Å². The molecule has 0 saturated heterocycles. The van der Waals surface area contributed by atoms with Crippen molar-refractivity contribution in [3.05, 3.63) is 117 Å². The smallest absolute Gasteiger partial charge is 0.122 e. The fourth-order valence-electron chi connectivity index (χ4n) is 7.31. The fraction of sp³-hybridized carbons (Fsp3) is 0.455. The van der Waals surface area contributed by atoms with Crippen LogP contribution in [0.1, 0.15) is 95.9 Å². The molecule has 4 heteroatoms. The molecular weight excluding hydrogens is 592 g/mol. The zero-order valence-corrected chi connectivity index (χ0v) is 29.9. The highest BCUT2D eigenvalue weighted by molar-refractivity contribution is 5.41. The average Bonchev–Trinajstić information content (AvgIpc) is 3.12. The Balaban J connectivity index is 1.31. The third kappa shape index (κ3) is 10.0. The van der Waals surface area contributed by atoms with E-state index in [0.29, 0.717) is 0 Å². The quantitative estimate of drug-likeness (QED) is 0.221. The van der Waals surface area contributed by atoms with Gasteiger partial charge in [0.15, 0.2) is 0 Å². The van der Waals surface area contributed by atoms with Crippen LogP contribution in [0.25, 0.3) is 0 Å². The first-order valence-electron chi connectivity index (χ1n) is 18.2. The highest BCUT2D eigenvalue weighted by Crippen LogP contribution is 2.28. The predicted molar refractivity (Wildman–Crippen MR) is 199 cm³/mol. The van der Waals surface area contributed by atoms with Gasteiger partial charge in [0, 0.05) is 0 Å². The molecule has 1 aliphatic carbocycles. The second-order valence-electron chi connectivity index (χ2n) is 13.4. The number of benzene rings is 4.